The molecule has 112 valence electrons. The lowest BCUT2D eigenvalue weighted by molar-refractivity contribution is 0.104. The van der Waals surface area contributed by atoms with Gasteiger partial charge < -0.3 is 15.4 Å². The molecule has 0 saturated heterocycles. The molecule has 4 nitrogen and oxygen atoms in total. The minimum atomic E-state index is -0.164. The Morgan fingerprint density at radius 3 is 2.71 bits per heavy atom. The molecule has 1 unspecified atom stereocenters. The van der Waals surface area contributed by atoms with Gasteiger partial charge in [0.2, 0.25) is 0 Å². The third-order valence-electron chi connectivity index (χ3n) is 3.19. The molecular weight excluding hydrogens is 284 g/mol. The van der Waals surface area contributed by atoms with Crippen LogP contribution in [0.3, 0.4) is 0 Å². The van der Waals surface area contributed by atoms with Crippen LogP contribution in [0.5, 0.6) is 0 Å². The first kappa shape index (κ1) is 15.5. The molecule has 2 N–H and O–H groups in total. The SMILES string of the molecule is COC(CNC(=O)NCCc1ccccc1)c1ccsc1. The van der Waals surface area contributed by atoms with Gasteiger partial charge in [-0.15, -0.1) is 0 Å². The van der Waals surface area contributed by atoms with Crippen molar-refractivity contribution in [2.24, 2.45) is 0 Å². The van der Waals surface area contributed by atoms with Gasteiger partial charge in [-0.25, -0.2) is 4.79 Å². The number of rotatable bonds is 7. The van der Waals surface area contributed by atoms with Gasteiger partial charge in [0.15, 0.2) is 0 Å². The van der Waals surface area contributed by atoms with Crippen molar-refractivity contribution in [1.82, 2.24) is 10.6 Å². The Labute approximate surface area is 129 Å². The number of benzene rings is 1. The molecule has 0 aliphatic carbocycles. The molecule has 1 heterocycles. The molecule has 1 aromatic heterocycles. The number of methoxy groups -OCH3 is 1. The Morgan fingerprint density at radius 1 is 1.24 bits per heavy atom. The van der Waals surface area contributed by atoms with Crippen LogP contribution in [0.2, 0.25) is 0 Å². The van der Waals surface area contributed by atoms with Gasteiger partial charge in [0.1, 0.15) is 6.10 Å². The lowest BCUT2D eigenvalue weighted by Crippen LogP contribution is -2.38. The Morgan fingerprint density at radius 2 is 2.05 bits per heavy atom. The third-order valence-corrected chi connectivity index (χ3v) is 3.89. The predicted molar refractivity (Wildman–Crippen MR) is 85.6 cm³/mol. The molecule has 2 aromatic rings. The number of ether oxygens (including phenoxy) is 1. The number of urea groups is 1. The van der Waals surface area contributed by atoms with Crippen molar-refractivity contribution in [3.05, 3.63) is 58.3 Å². The van der Waals surface area contributed by atoms with E-state index in [2.05, 4.69) is 22.8 Å². The minimum absolute atomic E-state index is 0.101. The zero-order chi connectivity index (χ0) is 14.9. The van der Waals surface area contributed by atoms with E-state index < -0.39 is 0 Å². The van der Waals surface area contributed by atoms with E-state index in [1.54, 1.807) is 18.4 Å². The molecule has 1 aromatic carbocycles. The number of carbonyl (C=O) groups is 1. The maximum Gasteiger partial charge on any atom is 0.314 e. The molecule has 0 spiro atoms. The molecule has 0 bridgehead atoms. The Hall–Kier alpha value is -1.85. The van der Waals surface area contributed by atoms with Gasteiger partial charge in [-0.1, -0.05) is 30.3 Å². The summed E-state index contributed by atoms with van der Waals surface area (Å²) >= 11 is 1.62. The number of hydrogen-bond donors (Lipinski definition) is 2. The van der Waals surface area contributed by atoms with Crippen molar-refractivity contribution in [3.63, 3.8) is 0 Å². The van der Waals surface area contributed by atoms with Crippen LogP contribution >= 0.6 is 11.3 Å². The first-order valence-corrected chi connectivity index (χ1v) is 7.84. The molecule has 0 fully saturated rings. The van der Waals surface area contributed by atoms with Crippen molar-refractivity contribution < 1.29 is 9.53 Å². The van der Waals surface area contributed by atoms with Crippen LogP contribution in [0.25, 0.3) is 0 Å². The van der Waals surface area contributed by atoms with E-state index in [1.165, 1.54) is 5.56 Å². The summed E-state index contributed by atoms with van der Waals surface area (Å²) in [4.78, 5) is 11.7. The van der Waals surface area contributed by atoms with Gasteiger partial charge in [0.05, 0.1) is 0 Å². The van der Waals surface area contributed by atoms with Crippen LogP contribution < -0.4 is 10.6 Å². The average Bonchev–Trinajstić information content (AvgIpc) is 3.03. The van der Waals surface area contributed by atoms with Crippen molar-refractivity contribution >= 4 is 17.4 Å². The zero-order valence-corrected chi connectivity index (χ0v) is 12.9. The van der Waals surface area contributed by atoms with Crippen molar-refractivity contribution in [1.29, 1.82) is 0 Å². The normalized spacial score (nSPS) is 11.9. The van der Waals surface area contributed by atoms with Crippen LogP contribution in [0, 0.1) is 0 Å². The molecule has 21 heavy (non-hydrogen) atoms. The lowest BCUT2D eigenvalue weighted by Gasteiger charge is -2.15. The van der Waals surface area contributed by atoms with Crippen molar-refractivity contribution in [3.8, 4) is 0 Å². The van der Waals surface area contributed by atoms with Crippen molar-refractivity contribution in [2.45, 2.75) is 12.5 Å². The lowest BCUT2D eigenvalue weighted by atomic mass is 10.1. The number of thiophene rings is 1. The molecule has 1 atom stereocenters. The van der Waals surface area contributed by atoms with Gasteiger partial charge in [0.25, 0.3) is 0 Å². The number of nitrogens with one attached hydrogen (secondary N) is 2. The van der Waals surface area contributed by atoms with E-state index in [4.69, 9.17) is 4.74 Å². The highest BCUT2D eigenvalue weighted by atomic mass is 32.1. The van der Waals surface area contributed by atoms with E-state index in [0.717, 1.165) is 12.0 Å². The zero-order valence-electron chi connectivity index (χ0n) is 12.0. The van der Waals surface area contributed by atoms with E-state index >= 15 is 0 Å². The Kier molecular flexibility index (Phi) is 6.24. The van der Waals surface area contributed by atoms with E-state index in [-0.39, 0.29) is 12.1 Å². The maximum absolute atomic E-state index is 11.7. The second kappa shape index (κ2) is 8.44. The Bertz CT molecular complexity index is 528. The molecule has 2 rings (SSSR count). The van der Waals surface area contributed by atoms with Crippen LogP contribution in [0.15, 0.2) is 47.2 Å². The van der Waals surface area contributed by atoms with Gasteiger partial charge >= 0.3 is 6.03 Å². The second-order valence-corrected chi connectivity index (χ2v) is 5.43. The van der Waals surface area contributed by atoms with Crippen LogP contribution in [-0.4, -0.2) is 26.2 Å². The first-order valence-electron chi connectivity index (χ1n) is 6.90. The van der Waals surface area contributed by atoms with Crippen LogP contribution in [0.4, 0.5) is 4.79 Å². The number of amides is 2. The van der Waals surface area contributed by atoms with Crippen LogP contribution in [-0.2, 0) is 11.2 Å². The fourth-order valence-electron chi connectivity index (χ4n) is 2.01. The fourth-order valence-corrected chi connectivity index (χ4v) is 2.71. The quantitative estimate of drug-likeness (QED) is 0.826. The third kappa shape index (κ3) is 5.21. The minimum Gasteiger partial charge on any atom is -0.375 e. The second-order valence-electron chi connectivity index (χ2n) is 4.65. The molecule has 0 aliphatic heterocycles. The molecule has 0 radical (unpaired) electrons. The summed E-state index contributed by atoms with van der Waals surface area (Å²) < 4.78 is 5.38. The molecule has 2 amide bonds. The van der Waals surface area contributed by atoms with Crippen molar-refractivity contribution in [2.75, 3.05) is 20.2 Å². The van der Waals surface area contributed by atoms with Crippen LogP contribution in [0.1, 0.15) is 17.2 Å². The molecule has 5 heteroatoms. The highest BCUT2D eigenvalue weighted by molar-refractivity contribution is 7.07. The highest BCUT2D eigenvalue weighted by Crippen LogP contribution is 2.18. The van der Waals surface area contributed by atoms with Gasteiger partial charge in [-0.05, 0) is 34.4 Å². The summed E-state index contributed by atoms with van der Waals surface area (Å²) in [6, 6.07) is 11.9. The summed E-state index contributed by atoms with van der Waals surface area (Å²) in [6.45, 7) is 1.08. The Balaban J connectivity index is 1.67. The summed E-state index contributed by atoms with van der Waals surface area (Å²) in [6.07, 6.45) is 0.725. The summed E-state index contributed by atoms with van der Waals surface area (Å²) in [5.74, 6) is 0. The highest BCUT2D eigenvalue weighted by Gasteiger charge is 2.11. The predicted octanol–water partition coefficient (Wildman–Crippen LogP) is 2.98. The smallest absolute Gasteiger partial charge is 0.314 e. The first-order chi connectivity index (χ1) is 10.3. The fraction of sp³-hybridized carbons (Fsp3) is 0.312. The van der Waals surface area contributed by atoms with E-state index in [0.29, 0.717) is 13.1 Å². The molecular formula is C16H20N2O2S. The van der Waals surface area contributed by atoms with E-state index in [9.17, 15) is 4.79 Å². The topological polar surface area (TPSA) is 50.4 Å². The summed E-state index contributed by atoms with van der Waals surface area (Å²) in [5.41, 5.74) is 2.30. The van der Waals surface area contributed by atoms with Gasteiger partial charge in [0, 0.05) is 20.2 Å². The monoisotopic (exact) mass is 304 g/mol. The summed E-state index contributed by atoms with van der Waals surface area (Å²) in [5, 5.41) is 9.72. The number of hydrogen-bond acceptors (Lipinski definition) is 3. The van der Waals surface area contributed by atoms with Gasteiger partial charge in [-0.3, -0.25) is 0 Å². The summed E-state index contributed by atoms with van der Waals surface area (Å²) in [7, 11) is 1.65. The number of carbonyl (C=O) groups excluding carboxylic acids is 1. The maximum atomic E-state index is 11.7. The average molecular weight is 304 g/mol. The van der Waals surface area contributed by atoms with E-state index in [1.807, 2.05) is 35.0 Å². The largest absolute Gasteiger partial charge is 0.375 e. The molecule has 0 aliphatic rings. The van der Waals surface area contributed by atoms with Gasteiger partial charge in [-0.2, -0.15) is 11.3 Å². The standard InChI is InChI=1S/C16H20N2O2S/c1-20-15(14-8-10-21-12-14)11-18-16(19)17-9-7-13-5-3-2-4-6-13/h2-6,8,10,12,15H,7,9,11H2,1H3,(H2,17,18,19). The molecule has 0 saturated carbocycles.